The van der Waals surface area contributed by atoms with E-state index in [1.165, 1.54) is 5.56 Å². The lowest BCUT2D eigenvalue weighted by Crippen LogP contribution is -2.47. The maximum atomic E-state index is 12.0. The number of aryl methyl sites for hydroxylation is 1. The molecule has 0 saturated heterocycles. The SMILES string of the molecule is Cc1ccc(C(C[Si](C)(C)C)(C(O)c2ccccc2)n2nnc3ccccc32)cc1. The van der Waals surface area contributed by atoms with Crippen LogP contribution in [0.2, 0.25) is 25.7 Å². The molecule has 0 saturated carbocycles. The Morgan fingerprint density at radius 3 is 2.20 bits per heavy atom. The second kappa shape index (κ2) is 7.82. The van der Waals surface area contributed by atoms with Crippen LogP contribution in [0.5, 0.6) is 0 Å². The first-order valence-electron chi connectivity index (χ1n) is 10.4. The van der Waals surface area contributed by atoms with E-state index in [1.54, 1.807) is 0 Å². The molecule has 30 heavy (non-hydrogen) atoms. The summed E-state index contributed by atoms with van der Waals surface area (Å²) >= 11 is 0. The molecule has 0 bridgehead atoms. The molecule has 5 heteroatoms. The van der Waals surface area contributed by atoms with E-state index in [0.29, 0.717) is 0 Å². The maximum Gasteiger partial charge on any atom is 0.118 e. The monoisotopic (exact) mass is 415 g/mol. The van der Waals surface area contributed by atoms with E-state index in [1.807, 2.05) is 59.3 Å². The van der Waals surface area contributed by atoms with Gasteiger partial charge in [-0.3, -0.25) is 0 Å². The molecule has 2 unspecified atom stereocenters. The van der Waals surface area contributed by atoms with Crippen LogP contribution in [0.15, 0.2) is 78.9 Å². The minimum atomic E-state index is -1.68. The molecule has 2 atom stereocenters. The first-order chi connectivity index (χ1) is 14.3. The van der Waals surface area contributed by atoms with Gasteiger partial charge in [-0.25, -0.2) is 4.68 Å². The molecule has 154 valence electrons. The van der Waals surface area contributed by atoms with Crippen molar-refractivity contribution in [3.63, 3.8) is 0 Å². The molecule has 0 spiro atoms. The summed E-state index contributed by atoms with van der Waals surface area (Å²) in [7, 11) is -1.68. The Morgan fingerprint density at radius 2 is 1.53 bits per heavy atom. The first kappa shape index (κ1) is 20.5. The second-order valence-corrected chi connectivity index (χ2v) is 14.8. The van der Waals surface area contributed by atoms with Gasteiger partial charge in [0.05, 0.1) is 5.52 Å². The lowest BCUT2D eigenvalue weighted by atomic mass is 9.82. The average molecular weight is 416 g/mol. The van der Waals surface area contributed by atoms with Crippen molar-refractivity contribution in [3.05, 3.63) is 95.6 Å². The number of hydrogen-bond acceptors (Lipinski definition) is 3. The van der Waals surface area contributed by atoms with E-state index in [0.717, 1.165) is 28.2 Å². The third kappa shape index (κ3) is 3.71. The average Bonchev–Trinajstić information content (AvgIpc) is 3.17. The molecule has 1 aromatic heterocycles. The number of fused-ring (bicyclic) bond motifs is 1. The van der Waals surface area contributed by atoms with E-state index in [4.69, 9.17) is 0 Å². The largest absolute Gasteiger partial charge is 0.386 e. The van der Waals surface area contributed by atoms with Crippen molar-refractivity contribution in [2.24, 2.45) is 0 Å². The van der Waals surface area contributed by atoms with Gasteiger partial charge in [-0.2, -0.15) is 0 Å². The van der Waals surface area contributed by atoms with Crippen LogP contribution in [0.3, 0.4) is 0 Å². The topological polar surface area (TPSA) is 50.9 Å². The number of hydrogen-bond donors (Lipinski definition) is 1. The lowest BCUT2D eigenvalue weighted by Gasteiger charge is -2.42. The summed E-state index contributed by atoms with van der Waals surface area (Å²) in [5, 5.41) is 21.1. The van der Waals surface area contributed by atoms with Crippen molar-refractivity contribution in [3.8, 4) is 0 Å². The van der Waals surface area contributed by atoms with Crippen molar-refractivity contribution in [2.75, 3.05) is 0 Å². The van der Waals surface area contributed by atoms with Crippen molar-refractivity contribution in [1.82, 2.24) is 15.0 Å². The third-order valence-corrected chi connectivity index (χ3v) is 7.25. The fourth-order valence-corrected chi connectivity index (χ4v) is 6.56. The van der Waals surface area contributed by atoms with Gasteiger partial charge >= 0.3 is 0 Å². The highest BCUT2D eigenvalue weighted by Gasteiger charge is 2.47. The molecule has 3 aromatic carbocycles. The minimum Gasteiger partial charge on any atom is -0.386 e. The first-order valence-corrected chi connectivity index (χ1v) is 14.1. The highest BCUT2D eigenvalue weighted by atomic mass is 28.3. The van der Waals surface area contributed by atoms with Crippen LogP contribution < -0.4 is 0 Å². The predicted octanol–water partition coefficient (Wildman–Crippen LogP) is 5.56. The number of nitrogens with zero attached hydrogens (tertiary/aromatic N) is 3. The fraction of sp³-hybridized carbons (Fsp3) is 0.280. The number of benzene rings is 3. The molecule has 0 aliphatic carbocycles. The predicted molar refractivity (Wildman–Crippen MR) is 125 cm³/mol. The summed E-state index contributed by atoms with van der Waals surface area (Å²) in [6.45, 7) is 9.11. The molecule has 4 nitrogen and oxygen atoms in total. The maximum absolute atomic E-state index is 12.0. The van der Waals surface area contributed by atoms with Crippen LogP contribution in [0.1, 0.15) is 22.8 Å². The number of aromatic nitrogens is 3. The Bertz CT molecular complexity index is 1130. The molecule has 1 N–H and O–H groups in total. The van der Waals surface area contributed by atoms with Crippen molar-refractivity contribution < 1.29 is 5.11 Å². The molecule has 1 heterocycles. The smallest absolute Gasteiger partial charge is 0.118 e. The van der Waals surface area contributed by atoms with Gasteiger partial charge in [-0.15, -0.1) is 5.10 Å². The number of para-hydroxylation sites is 1. The van der Waals surface area contributed by atoms with Crippen molar-refractivity contribution in [2.45, 2.75) is 44.3 Å². The van der Waals surface area contributed by atoms with Gasteiger partial charge in [0.2, 0.25) is 0 Å². The molecule has 0 aliphatic heterocycles. The Kier molecular flexibility index (Phi) is 5.34. The van der Waals surface area contributed by atoms with Gasteiger partial charge < -0.3 is 5.11 Å². The quantitative estimate of drug-likeness (QED) is 0.420. The Morgan fingerprint density at radius 1 is 0.900 bits per heavy atom. The zero-order chi connectivity index (χ0) is 21.4. The molecular weight excluding hydrogens is 386 g/mol. The summed E-state index contributed by atoms with van der Waals surface area (Å²) in [5.41, 5.74) is 4.16. The summed E-state index contributed by atoms with van der Waals surface area (Å²) in [5.74, 6) is 0. The molecule has 0 fully saturated rings. The highest BCUT2D eigenvalue weighted by Crippen LogP contribution is 2.46. The van der Waals surface area contributed by atoms with Crippen LogP contribution in [0, 0.1) is 6.92 Å². The number of aliphatic hydroxyl groups excluding tert-OH is 1. The second-order valence-electron chi connectivity index (χ2n) is 9.33. The third-order valence-electron chi connectivity index (χ3n) is 5.65. The zero-order valence-corrected chi connectivity index (χ0v) is 19.1. The van der Waals surface area contributed by atoms with E-state index in [2.05, 4.69) is 61.1 Å². The van der Waals surface area contributed by atoms with Gasteiger partial charge in [0, 0.05) is 8.07 Å². The standard InChI is InChI=1S/C25H29N3OSi/c1-19-14-16-21(17-15-19)25(18-30(2,3)4,24(29)20-10-6-5-7-11-20)28-23-13-9-8-12-22(23)26-27-28/h5-17,24,29H,18H2,1-4H3. The van der Waals surface area contributed by atoms with Crippen LogP contribution in [-0.4, -0.2) is 28.2 Å². The van der Waals surface area contributed by atoms with E-state index < -0.39 is 19.7 Å². The van der Waals surface area contributed by atoms with Crippen LogP contribution >= 0.6 is 0 Å². The van der Waals surface area contributed by atoms with E-state index in [9.17, 15) is 5.11 Å². The number of aliphatic hydroxyl groups is 1. The van der Waals surface area contributed by atoms with Gasteiger partial charge in [0.15, 0.2) is 0 Å². The Hall–Kier alpha value is -2.76. The molecule has 0 radical (unpaired) electrons. The van der Waals surface area contributed by atoms with Crippen molar-refractivity contribution >= 4 is 19.1 Å². The summed E-state index contributed by atoms with van der Waals surface area (Å²) in [6.07, 6.45) is -0.766. The van der Waals surface area contributed by atoms with Gasteiger partial charge in [-0.1, -0.05) is 97.1 Å². The van der Waals surface area contributed by atoms with Crippen LogP contribution in [-0.2, 0) is 5.54 Å². The van der Waals surface area contributed by atoms with Gasteiger partial charge in [0.1, 0.15) is 17.2 Å². The molecule has 0 amide bonds. The van der Waals surface area contributed by atoms with Gasteiger partial charge in [0.25, 0.3) is 0 Å². The van der Waals surface area contributed by atoms with Gasteiger partial charge in [-0.05, 0) is 36.2 Å². The molecular formula is C25H29N3OSi. The fourth-order valence-electron chi connectivity index (χ4n) is 4.40. The summed E-state index contributed by atoms with van der Waals surface area (Å²) in [6, 6.07) is 27.3. The van der Waals surface area contributed by atoms with E-state index >= 15 is 0 Å². The molecule has 0 aliphatic rings. The highest BCUT2D eigenvalue weighted by molar-refractivity contribution is 6.76. The number of rotatable bonds is 6. The Balaban J connectivity index is 2.06. The van der Waals surface area contributed by atoms with Crippen LogP contribution in [0.25, 0.3) is 11.0 Å². The van der Waals surface area contributed by atoms with Crippen molar-refractivity contribution in [1.29, 1.82) is 0 Å². The molecule has 4 aromatic rings. The minimum absolute atomic E-state index is 0.754. The summed E-state index contributed by atoms with van der Waals surface area (Å²) in [4.78, 5) is 0. The van der Waals surface area contributed by atoms with E-state index in [-0.39, 0.29) is 0 Å². The lowest BCUT2D eigenvalue weighted by molar-refractivity contribution is 0.0636. The zero-order valence-electron chi connectivity index (χ0n) is 18.1. The normalized spacial score (nSPS) is 15.1. The molecule has 4 rings (SSSR count). The summed E-state index contributed by atoms with van der Waals surface area (Å²) < 4.78 is 1.98. The Labute approximate surface area is 179 Å². The van der Waals surface area contributed by atoms with Crippen LogP contribution in [0.4, 0.5) is 0 Å².